The number of carbonyl (C=O) groups is 2. The summed E-state index contributed by atoms with van der Waals surface area (Å²) in [6, 6.07) is 18.6. The zero-order valence-electron chi connectivity index (χ0n) is 18.0. The van der Waals surface area contributed by atoms with Gasteiger partial charge in [0.15, 0.2) is 0 Å². The highest BCUT2D eigenvalue weighted by Crippen LogP contribution is 2.53. The zero-order valence-corrected chi connectivity index (χ0v) is 18.0. The Balaban J connectivity index is 2.10. The minimum Gasteiger partial charge on any atom is -0.462 e. The Kier molecular flexibility index (Phi) is 5.69. The van der Waals surface area contributed by atoms with E-state index in [1.165, 1.54) is 0 Å². The van der Waals surface area contributed by atoms with E-state index < -0.39 is 11.9 Å². The van der Waals surface area contributed by atoms with Crippen molar-refractivity contribution >= 4 is 23.3 Å². The predicted molar refractivity (Wildman–Crippen MR) is 126 cm³/mol. The summed E-state index contributed by atoms with van der Waals surface area (Å²) in [6.45, 7) is 3.94. The third-order valence-corrected chi connectivity index (χ3v) is 5.44. The fourth-order valence-electron chi connectivity index (χ4n) is 4.18. The molecule has 0 spiro atoms. The van der Waals surface area contributed by atoms with Crippen LogP contribution in [0.4, 0.5) is 11.4 Å². The van der Waals surface area contributed by atoms with Crippen LogP contribution in [0, 0.1) is 0 Å². The van der Waals surface area contributed by atoms with Gasteiger partial charge in [-0.05, 0) is 36.1 Å². The number of anilines is 2. The summed E-state index contributed by atoms with van der Waals surface area (Å²) in [5.74, 6) is -1.00. The van der Waals surface area contributed by atoms with E-state index in [0.717, 1.165) is 11.1 Å². The number of ether oxygens (including phenoxy) is 2. The summed E-state index contributed by atoms with van der Waals surface area (Å²) in [5.41, 5.74) is 18.3. The molecule has 0 radical (unpaired) electrons. The number of hydrogen-bond acceptors (Lipinski definition) is 6. The van der Waals surface area contributed by atoms with E-state index in [-0.39, 0.29) is 24.6 Å². The normalized spacial score (nSPS) is 10.9. The number of nitrogens with two attached hydrogens (primary N) is 2. The average molecular weight is 428 g/mol. The monoisotopic (exact) mass is 428 g/mol. The van der Waals surface area contributed by atoms with E-state index in [9.17, 15) is 9.59 Å². The molecule has 4 N–H and O–H groups in total. The lowest BCUT2D eigenvalue weighted by molar-refractivity contribution is 0.0519. The highest BCUT2D eigenvalue weighted by molar-refractivity contribution is 6.19. The van der Waals surface area contributed by atoms with Gasteiger partial charge in [-0.25, -0.2) is 9.59 Å². The molecule has 0 unspecified atom stereocenters. The first kappa shape index (κ1) is 21.2. The Labute approximate surface area is 186 Å². The molecule has 0 atom stereocenters. The Bertz CT molecular complexity index is 1170. The topological polar surface area (TPSA) is 105 Å². The summed E-state index contributed by atoms with van der Waals surface area (Å²) in [6.07, 6.45) is 0. The fourth-order valence-corrected chi connectivity index (χ4v) is 4.18. The molecule has 0 fully saturated rings. The molecule has 4 aliphatic carbocycles. The zero-order chi connectivity index (χ0) is 22.8. The first-order valence-electron chi connectivity index (χ1n) is 10.5. The van der Waals surface area contributed by atoms with Gasteiger partial charge in [0.05, 0.1) is 35.7 Å². The van der Waals surface area contributed by atoms with Crippen molar-refractivity contribution in [2.45, 2.75) is 13.8 Å². The van der Waals surface area contributed by atoms with Gasteiger partial charge in [0.1, 0.15) is 0 Å². The summed E-state index contributed by atoms with van der Waals surface area (Å²) < 4.78 is 10.6. The smallest absolute Gasteiger partial charge is 0.340 e. The molecule has 0 heterocycles. The molecule has 6 nitrogen and oxygen atoms in total. The number of fused-ring (bicyclic) bond motifs is 2. The molecule has 0 aromatic heterocycles. The average Bonchev–Trinajstić information content (AvgIpc) is 2.98. The number of nitrogen functional groups attached to an aromatic ring is 2. The molecule has 0 amide bonds. The van der Waals surface area contributed by atoms with Crippen molar-refractivity contribution < 1.29 is 19.1 Å². The molecule has 0 saturated heterocycles. The van der Waals surface area contributed by atoms with Crippen LogP contribution in [0.15, 0.2) is 60.7 Å². The maximum Gasteiger partial charge on any atom is 0.340 e. The summed E-state index contributed by atoms with van der Waals surface area (Å²) in [4.78, 5) is 25.6. The van der Waals surface area contributed by atoms with Crippen LogP contribution < -0.4 is 11.5 Å². The van der Waals surface area contributed by atoms with Gasteiger partial charge in [-0.15, -0.1) is 0 Å². The predicted octanol–water partition coefficient (Wildman–Crippen LogP) is 5.08. The minimum atomic E-state index is -0.502. The second kappa shape index (κ2) is 8.59. The van der Waals surface area contributed by atoms with Gasteiger partial charge < -0.3 is 20.9 Å². The van der Waals surface area contributed by atoms with Crippen LogP contribution in [-0.4, -0.2) is 25.2 Å². The van der Waals surface area contributed by atoms with Crippen LogP contribution >= 0.6 is 0 Å². The van der Waals surface area contributed by atoms with E-state index in [1.54, 1.807) is 13.8 Å². The van der Waals surface area contributed by atoms with Crippen molar-refractivity contribution in [3.05, 3.63) is 71.8 Å². The lowest BCUT2D eigenvalue weighted by atomic mass is 9.98. The lowest BCUT2D eigenvalue weighted by Gasteiger charge is -2.07. The van der Waals surface area contributed by atoms with Gasteiger partial charge in [0, 0.05) is 11.1 Å². The van der Waals surface area contributed by atoms with Gasteiger partial charge in [0.2, 0.25) is 0 Å². The van der Waals surface area contributed by atoms with E-state index in [4.69, 9.17) is 20.9 Å². The Hall–Kier alpha value is -4.06. The van der Waals surface area contributed by atoms with Crippen molar-refractivity contribution in [1.82, 2.24) is 0 Å². The number of carbonyl (C=O) groups excluding carboxylic acids is 2. The maximum absolute atomic E-state index is 12.8. The van der Waals surface area contributed by atoms with Crippen molar-refractivity contribution in [1.29, 1.82) is 0 Å². The molecule has 32 heavy (non-hydrogen) atoms. The molecule has 0 aromatic rings. The van der Waals surface area contributed by atoms with Gasteiger partial charge >= 0.3 is 11.9 Å². The lowest BCUT2D eigenvalue weighted by Crippen LogP contribution is -2.07. The van der Waals surface area contributed by atoms with Crippen LogP contribution in [0.5, 0.6) is 0 Å². The van der Waals surface area contributed by atoms with Gasteiger partial charge in [-0.2, -0.15) is 0 Å². The highest BCUT2D eigenvalue weighted by Gasteiger charge is 2.33. The van der Waals surface area contributed by atoms with E-state index in [0.29, 0.717) is 33.4 Å². The Morgan fingerprint density at radius 2 is 0.969 bits per heavy atom. The van der Waals surface area contributed by atoms with Crippen molar-refractivity contribution in [3.63, 3.8) is 0 Å². The molecule has 4 rings (SSSR count). The molecular weight excluding hydrogens is 404 g/mol. The second-order valence-electron chi connectivity index (χ2n) is 7.24. The summed E-state index contributed by atoms with van der Waals surface area (Å²) in [7, 11) is 0. The van der Waals surface area contributed by atoms with Gasteiger partial charge in [-0.3, -0.25) is 0 Å². The quantitative estimate of drug-likeness (QED) is 0.430. The van der Waals surface area contributed by atoms with Crippen molar-refractivity contribution in [3.8, 4) is 33.4 Å². The van der Waals surface area contributed by atoms with Gasteiger partial charge in [0.25, 0.3) is 0 Å². The molecule has 0 aromatic carbocycles. The first-order chi connectivity index (χ1) is 15.5. The van der Waals surface area contributed by atoms with E-state index >= 15 is 0 Å². The fraction of sp³-hybridized carbons (Fsp3) is 0.154. The third-order valence-electron chi connectivity index (χ3n) is 5.44. The van der Waals surface area contributed by atoms with Crippen LogP contribution in [0.3, 0.4) is 0 Å². The number of hydrogen-bond donors (Lipinski definition) is 2. The van der Waals surface area contributed by atoms with Gasteiger partial charge in [-0.1, -0.05) is 60.7 Å². The molecule has 6 heteroatoms. The third kappa shape index (κ3) is 3.30. The highest BCUT2D eigenvalue weighted by atomic mass is 16.5. The Morgan fingerprint density at radius 1 is 0.625 bits per heavy atom. The standard InChI is InChI=1S/C26H24N2O4/c1-3-31-25(29)21-17-13-9-5-7-11-15(17)19(23(21)27)20-16-12-8-6-10-14-18(16)22(24(20)28)26(30)32-4-2/h5-14H,3-4,27-28H2,1-2H3. The number of esters is 2. The Morgan fingerprint density at radius 3 is 1.31 bits per heavy atom. The maximum atomic E-state index is 12.8. The van der Waals surface area contributed by atoms with Crippen LogP contribution in [0.2, 0.25) is 0 Å². The molecule has 0 saturated carbocycles. The summed E-state index contributed by atoms with van der Waals surface area (Å²) in [5, 5.41) is 0. The SMILES string of the molecule is CCOC(=O)c1c2cccccc-2c(-c2c3cccccc-3c(C(=O)OCC)c2N)c1N. The first-order valence-corrected chi connectivity index (χ1v) is 10.5. The van der Waals surface area contributed by atoms with Crippen LogP contribution in [0.25, 0.3) is 33.4 Å². The molecule has 0 bridgehead atoms. The van der Waals surface area contributed by atoms with Crippen molar-refractivity contribution in [2.75, 3.05) is 24.7 Å². The molecule has 0 aliphatic heterocycles. The second-order valence-corrected chi connectivity index (χ2v) is 7.24. The summed E-state index contributed by atoms with van der Waals surface area (Å²) >= 11 is 0. The largest absolute Gasteiger partial charge is 0.462 e. The van der Waals surface area contributed by atoms with Crippen molar-refractivity contribution in [2.24, 2.45) is 0 Å². The van der Waals surface area contributed by atoms with Crippen LogP contribution in [0.1, 0.15) is 34.6 Å². The van der Waals surface area contributed by atoms with E-state index in [2.05, 4.69) is 0 Å². The van der Waals surface area contributed by atoms with Crippen LogP contribution in [-0.2, 0) is 9.47 Å². The molecule has 4 aliphatic rings. The minimum absolute atomic E-state index is 0.226. The molecular formula is C26H24N2O4. The number of rotatable bonds is 5. The van der Waals surface area contributed by atoms with E-state index in [1.807, 2.05) is 60.7 Å². The molecule has 162 valence electrons.